The van der Waals surface area contributed by atoms with Crippen LogP contribution in [0.2, 0.25) is 0 Å². The van der Waals surface area contributed by atoms with E-state index in [2.05, 4.69) is 19.2 Å². The summed E-state index contributed by atoms with van der Waals surface area (Å²) in [5.74, 6) is -0.0223. The molecule has 29 heavy (non-hydrogen) atoms. The van der Waals surface area contributed by atoms with Crippen molar-refractivity contribution in [2.24, 2.45) is 0 Å². The largest absolute Gasteiger partial charge is 0.376 e. The predicted octanol–water partition coefficient (Wildman–Crippen LogP) is 3.30. The van der Waals surface area contributed by atoms with E-state index in [1.807, 2.05) is 12.1 Å². The minimum absolute atomic E-state index is 0.00320. The second-order valence-corrected chi connectivity index (χ2v) is 9.37. The highest BCUT2D eigenvalue weighted by atomic mass is 32.2. The monoisotopic (exact) mass is 416 g/mol. The van der Waals surface area contributed by atoms with E-state index < -0.39 is 10.0 Å². The van der Waals surface area contributed by atoms with E-state index in [4.69, 9.17) is 4.74 Å². The van der Waals surface area contributed by atoms with Gasteiger partial charge in [-0.1, -0.05) is 44.2 Å². The number of benzene rings is 2. The Hall–Kier alpha value is -2.38. The van der Waals surface area contributed by atoms with Gasteiger partial charge in [-0.3, -0.25) is 9.10 Å². The van der Waals surface area contributed by atoms with Crippen LogP contribution < -0.4 is 9.62 Å². The molecule has 0 aromatic heterocycles. The summed E-state index contributed by atoms with van der Waals surface area (Å²) in [5, 5.41) is 2.81. The first-order chi connectivity index (χ1) is 13.9. The van der Waals surface area contributed by atoms with Crippen LogP contribution >= 0.6 is 0 Å². The summed E-state index contributed by atoms with van der Waals surface area (Å²) < 4.78 is 33.2. The number of hydrogen-bond acceptors (Lipinski definition) is 4. The minimum atomic E-state index is -3.88. The molecule has 0 aliphatic carbocycles. The molecule has 2 aromatic rings. The topological polar surface area (TPSA) is 75.7 Å². The molecular formula is C22H28N2O4S. The van der Waals surface area contributed by atoms with Crippen LogP contribution in [-0.4, -0.2) is 40.1 Å². The van der Waals surface area contributed by atoms with E-state index in [9.17, 15) is 13.2 Å². The lowest BCUT2D eigenvalue weighted by Gasteiger charge is -2.25. The van der Waals surface area contributed by atoms with Crippen molar-refractivity contribution in [3.05, 3.63) is 60.2 Å². The quantitative estimate of drug-likeness (QED) is 0.716. The number of hydrogen-bond donors (Lipinski definition) is 1. The van der Waals surface area contributed by atoms with Gasteiger partial charge in [-0.15, -0.1) is 0 Å². The lowest BCUT2D eigenvalue weighted by Crippen LogP contribution is -2.42. The fraction of sp³-hybridized carbons (Fsp3) is 0.409. The van der Waals surface area contributed by atoms with E-state index in [1.165, 1.54) is 12.1 Å². The Bertz CT molecular complexity index is 906. The van der Waals surface area contributed by atoms with Gasteiger partial charge in [0, 0.05) is 13.2 Å². The fourth-order valence-electron chi connectivity index (χ4n) is 3.28. The summed E-state index contributed by atoms with van der Waals surface area (Å²) >= 11 is 0. The number of rotatable bonds is 8. The molecule has 1 aliphatic rings. The standard InChI is InChI=1S/C22H28N2O4S/c1-17(2)18-10-12-19(13-11-18)24(29(26,27)21-8-4-3-5-9-21)16-22(25)23-15-20-7-6-14-28-20/h3-5,8-13,17,20H,6-7,14-16H2,1-2H3,(H,23,25). The first-order valence-corrected chi connectivity index (χ1v) is 11.4. The van der Waals surface area contributed by atoms with Crippen molar-refractivity contribution in [1.82, 2.24) is 5.32 Å². The molecule has 1 amide bonds. The van der Waals surface area contributed by atoms with Crippen molar-refractivity contribution in [1.29, 1.82) is 0 Å². The van der Waals surface area contributed by atoms with Crippen LogP contribution in [-0.2, 0) is 19.6 Å². The third kappa shape index (κ3) is 5.36. The number of carbonyl (C=O) groups is 1. The van der Waals surface area contributed by atoms with Crippen LogP contribution in [0.3, 0.4) is 0 Å². The number of nitrogens with one attached hydrogen (secondary N) is 1. The molecule has 1 aliphatic heterocycles. The Morgan fingerprint density at radius 2 is 1.83 bits per heavy atom. The minimum Gasteiger partial charge on any atom is -0.376 e. The van der Waals surface area contributed by atoms with Gasteiger partial charge in [0.2, 0.25) is 5.91 Å². The Labute approximate surface area is 172 Å². The maximum atomic E-state index is 13.3. The Morgan fingerprint density at radius 1 is 1.14 bits per heavy atom. The number of nitrogens with zero attached hydrogens (tertiary/aromatic N) is 1. The molecule has 3 rings (SSSR count). The highest BCUT2D eigenvalue weighted by Crippen LogP contribution is 2.25. The molecule has 0 spiro atoms. The number of ether oxygens (including phenoxy) is 1. The summed E-state index contributed by atoms with van der Waals surface area (Å²) in [4.78, 5) is 12.7. The molecule has 1 unspecified atom stereocenters. The Balaban J connectivity index is 1.83. The van der Waals surface area contributed by atoms with Crippen LogP contribution in [0.25, 0.3) is 0 Å². The van der Waals surface area contributed by atoms with E-state index in [0.29, 0.717) is 24.8 Å². The molecule has 0 radical (unpaired) electrons. The molecule has 156 valence electrons. The van der Waals surface area contributed by atoms with Gasteiger partial charge in [0.05, 0.1) is 16.7 Å². The molecule has 1 fully saturated rings. The molecule has 1 N–H and O–H groups in total. The molecule has 6 nitrogen and oxygen atoms in total. The van der Waals surface area contributed by atoms with Gasteiger partial charge < -0.3 is 10.1 Å². The lowest BCUT2D eigenvalue weighted by molar-refractivity contribution is -0.120. The number of sulfonamides is 1. The lowest BCUT2D eigenvalue weighted by atomic mass is 10.0. The van der Waals surface area contributed by atoms with Crippen molar-refractivity contribution >= 4 is 21.6 Å². The average Bonchev–Trinajstić information content (AvgIpc) is 3.25. The molecule has 1 atom stereocenters. The van der Waals surface area contributed by atoms with E-state index in [-0.39, 0.29) is 23.5 Å². The molecule has 7 heteroatoms. The highest BCUT2D eigenvalue weighted by Gasteiger charge is 2.27. The van der Waals surface area contributed by atoms with Gasteiger partial charge in [-0.05, 0) is 48.6 Å². The van der Waals surface area contributed by atoms with Gasteiger partial charge in [-0.2, -0.15) is 0 Å². The van der Waals surface area contributed by atoms with Crippen molar-refractivity contribution in [2.75, 3.05) is 24.0 Å². The van der Waals surface area contributed by atoms with Gasteiger partial charge in [0.25, 0.3) is 10.0 Å². The third-order valence-electron chi connectivity index (χ3n) is 5.02. The fourth-order valence-corrected chi connectivity index (χ4v) is 4.72. The Morgan fingerprint density at radius 3 is 2.41 bits per heavy atom. The van der Waals surface area contributed by atoms with Gasteiger partial charge in [0.15, 0.2) is 0 Å². The predicted molar refractivity (Wildman–Crippen MR) is 113 cm³/mol. The average molecular weight is 417 g/mol. The van der Waals surface area contributed by atoms with Crippen molar-refractivity contribution in [3.8, 4) is 0 Å². The molecule has 2 aromatic carbocycles. The van der Waals surface area contributed by atoms with Crippen LogP contribution in [0.1, 0.15) is 38.2 Å². The third-order valence-corrected chi connectivity index (χ3v) is 6.81. The zero-order valence-electron chi connectivity index (χ0n) is 16.9. The summed E-state index contributed by atoms with van der Waals surface area (Å²) in [6.07, 6.45) is 1.89. The van der Waals surface area contributed by atoms with E-state index in [1.54, 1.807) is 30.3 Å². The Kier molecular flexibility index (Phi) is 6.92. The van der Waals surface area contributed by atoms with Crippen LogP contribution in [0.5, 0.6) is 0 Å². The molecular weight excluding hydrogens is 388 g/mol. The summed E-state index contributed by atoms with van der Waals surface area (Å²) in [6, 6.07) is 15.5. The molecule has 0 saturated carbocycles. The van der Waals surface area contributed by atoms with Gasteiger partial charge >= 0.3 is 0 Å². The maximum Gasteiger partial charge on any atom is 0.264 e. The SMILES string of the molecule is CC(C)c1ccc(N(CC(=O)NCC2CCCO2)S(=O)(=O)c2ccccc2)cc1. The normalized spacial score (nSPS) is 16.7. The van der Waals surface area contributed by atoms with E-state index in [0.717, 1.165) is 22.7 Å². The smallest absolute Gasteiger partial charge is 0.264 e. The van der Waals surface area contributed by atoms with Crippen LogP contribution in [0.15, 0.2) is 59.5 Å². The zero-order valence-corrected chi connectivity index (χ0v) is 17.7. The van der Waals surface area contributed by atoms with Crippen LogP contribution in [0, 0.1) is 0 Å². The van der Waals surface area contributed by atoms with Crippen LogP contribution in [0.4, 0.5) is 5.69 Å². The van der Waals surface area contributed by atoms with Gasteiger partial charge in [-0.25, -0.2) is 8.42 Å². The van der Waals surface area contributed by atoms with Gasteiger partial charge in [0.1, 0.15) is 6.54 Å². The van der Waals surface area contributed by atoms with Crippen molar-refractivity contribution in [3.63, 3.8) is 0 Å². The first-order valence-electron chi connectivity index (χ1n) is 9.94. The maximum absolute atomic E-state index is 13.3. The second kappa shape index (κ2) is 9.41. The molecule has 0 bridgehead atoms. The first kappa shape index (κ1) is 21.3. The molecule has 1 heterocycles. The van der Waals surface area contributed by atoms with E-state index >= 15 is 0 Å². The number of anilines is 1. The zero-order chi connectivity index (χ0) is 20.9. The highest BCUT2D eigenvalue weighted by molar-refractivity contribution is 7.92. The van der Waals surface area contributed by atoms with Crippen molar-refractivity contribution in [2.45, 2.75) is 43.6 Å². The summed E-state index contributed by atoms with van der Waals surface area (Å²) in [5.41, 5.74) is 1.57. The molecule has 1 saturated heterocycles. The second-order valence-electron chi connectivity index (χ2n) is 7.51. The van der Waals surface area contributed by atoms with Crippen molar-refractivity contribution < 1.29 is 17.9 Å². The summed E-state index contributed by atoms with van der Waals surface area (Å²) in [6.45, 7) is 4.96. The number of carbonyl (C=O) groups excluding carboxylic acids is 1. The number of amides is 1. The summed E-state index contributed by atoms with van der Waals surface area (Å²) in [7, 11) is -3.88.